The van der Waals surface area contributed by atoms with Gasteiger partial charge in [0.25, 0.3) is 0 Å². The van der Waals surface area contributed by atoms with Gasteiger partial charge in [-0.3, -0.25) is 0 Å². The van der Waals surface area contributed by atoms with Crippen LogP contribution in [0.25, 0.3) is 11.0 Å². The fourth-order valence-corrected chi connectivity index (χ4v) is 4.31. The maximum atomic E-state index is 6.22. The summed E-state index contributed by atoms with van der Waals surface area (Å²) in [5.41, 5.74) is 3.33. The lowest BCUT2D eigenvalue weighted by atomic mass is 10.2. The second-order valence-corrected chi connectivity index (χ2v) is 8.53. The van der Waals surface area contributed by atoms with Gasteiger partial charge in [0.1, 0.15) is 11.6 Å². The molecule has 2 aromatic heterocycles. The molecule has 0 fully saturated rings. The van der Waals surface area contributed by atoms with Crippen LogP contribution in [0.3, 0.4) is 0 Å². The number of benzene rings is 2. The summed E-state index contributed by atoms with van der Waals surface area (Å²) in [6.07, 6.45) is 2.85. The van der Waals surface area contributed by atoms with E-state index in [4.69, 9.17) is 21.0 Å². The zero-order chi connectivity index (χ0) is 20.1. The van der Waals surface area contributed by atoms with E-state index in [1.165, 1.54) is 4.90 Å². The molecule has 4 rings (SSSR count). The molecule has 29 heavy (non-hydrogen) atoms. The van der Waals surface area contributed by atoms with Crippen LogP contribution in [-0.4, -0.2) is 15.3 Å². The molecule has 0 aliphatic rings. The van der Waals surface area contributed by atoms with Crippen LogP contribution in [0.5, 0.6) is 0 Å². The lowest BCUT2D eigenvalue weighted by molar-refractivity contribution is 0.478. The standard InChI is InChI=1S/C23H24ClN3OS/c1-2-11-29-20-8-9-21-22(13-20)27(16-17-5-3-6-18(24)12-17)23(26-21)15-25-14-19-7-4-10-28-19/h3-10,12-13,25H,2,11,14-16H2,1H3. The SMILES string of the molecule is CCCSc1ccc2nc(CNCc3ccco3)n(Cc3cccc(Cl)c3)c2c1. The third-order valence-corrected chi connectivity index (χ3v) is 6.10. The fourth-order valence-electron chi connectivity index (χ4n) is 3.30. The zero-order valence-corrected chi connectivity index (χ0v) is 18.0. The molecule has 0 saturated heterocycles. The van der Waals surface area contributed by atoms with Gasteiger partial charge in [0, 0.05) is 16.5 Å². The normalized spacial score (nSPS) is 11.4. The van der Waals surface area contributed by atoms with E-state index in [0.29, 0.717) is 13.1 Å². The van der Waals surface area contributed by atoms with Crippen LogP contribution < -0.4 is 5.32 Å². The topological polar surface area (TPSA) is 43.0 Å². The molecule has 0 spiro atoms. The number of halogens is 1. The second-order valence-electron chi connectivity index (χ2n) is 6.93. The van der Waals surface area contributed by atoms with Gasteiger partial charge in [-0.1, -0.05) is 30.7 Å². The minimum absolute atomic E-state index is 0.660. The largest absolute Gasteiger partial charge is 0.468 e. The van der Waals surface area contributed by atoms with E-state index in [1.807, 2.05) is 42.1 Å². The van der Waals surface area contributed by atoms with Gasteiger partial charge in [-0.05, 0) is 60.2 Å². The molecule has 0 amide bonds. The smallest absolute Gasteiger partial charge is 0.124 e. The highest BCUT2D eigenvalue weighted by Gasteiger charge is 2.12. The Labute approximate surface area is 180 Å². The first-order chi connectivity index (χ1) is 14.2. The first-order valence-electron chi connectivity index (χ1n) is 9.82. The van der Waals surface area contributed by atoms with Crippen LogP contribution in [0, 0.1) is 0 Å². The van der Waals surface area contributed by atoms with Crippen molar-refractivity contribution in [3.05, 3.63) is 83.0 Å². The number of furan rings is 1. The molecule has 0 atom stereocenters. The molecule has 0 radical (unpaired) electrons. The van der Waals surface area contributed by atoms with Crippen molar-refractivity contribution in [3.63, 3.8) is 0 Å². The van der Waals surface area contributed by atoms with Gasteiger partial charge < -0.3 is 14.3 Å². The van der Waals surface area contributed by atoms with Crippen molar-refractivity contribution >= 4 is 34.4 Å². The third kappa shape index (κ3) is 5.04. The average molecular weight is 426 g/mol. The van der Waals surface area contributed by atoms with Crippen molar-refractivity contribution in [3.8, 4) is 0 Å². The van der Waals surface area contributed by atoms with Crippen LogP contribution in [0.15, 0.2) is 70.2 Å². The number of hydrogen-bond donors (Lipinski definition) is 1. The van der Waals surface area contributed by atoms with E-state index in [0.717, 1.165) is 51.9 Å². The highest BCUT2D eigenvalue weighted by Crippen LogP contribution is 2.26. The fraction of sp³-hybridized carbons (Fsp3) is 0.261. The van der Waals surface area contributed by atoms with Gasteiger partial charge >= 0.3 is 0 Å². The highest BCUT2D eigenvalue weighted by atomic mass is 35.5. The lowest BCUT2D eigenvalue weighted by Crippen LogP contribution is -2.17. The molecule has 1 N–H and O–H groups in total. The first-order valence-corrected chi connectivity index (χ1v) is 11.2. The average Bonchev–Trinajstić information content (AvgIpc) is 3.35. The monoisotopic (exact) mass is 425 g/mol. The summed E-state index contributed by atoms with van der Waals surface area (Å²) >= 11 is 8.10. The van der Waals surface area contributed by atoms with Crippen molar-refractivity contribution in [2.45, 2.75) is 37.9 Å². The summed E-state index contributed by atoms with van der Waals surface area (Å²) in [6.45, 7) is 4.27. The number of rotatable bonds is 9. The van der Waals surface area contributed by atoms with E-state index in [1.54, 1.807) is 6.26 Å². The predicted molar refractivity (Wildman–Crippen MR) is 121 cm³/mol. The molecular weight excluding hydrogens is 402 g/mol. The minimum Gasteiger partial charge on any atom is -0.468 e. The number of thioether (sulfide) groups is 1. The molecule has 0 aliphatic carbocycles. The van der Waals surface area contributed by atoms with Gasteiger partial charge in [-0.15, -0.1) is 11.8 Å². The highest BCUT2D eigenvalue weighted by molar-refractivity contribution is 7.99. The van der Waals surface area contributed by atoms with Gasteiger partial charge in [0.2, 0.25) is 0 Å². The van der Waals surface area contributed by atoms with Crippen molar-refractivity contribution in [1.82, 2.24) is 14.9 Å². The third-order valence-electron chi connectivity index (χ3n) is 4.66. The molecule has 0 bridgehead atoms. The van der Waals surface area contributed by atoms with Crippen LogP contribution in [-0.2, 0) is 19.6 Å². The van der Waals surface area contributed by atoms with Gasteiger partial charge in [0.15, 0.2) is 0 Å². The van der Waals surface area contributed by atoms with E-state index < -0.39 is 0 Å². The molecule has 4 aromatic rings. The van der Waals surface area contributed by atoms with Crippen molar-refractivity contribution in [2.75, 3.05) is 5.75 Å². The summed E-state index contributed by atoms with van der Waals surface area (Å²) in [4.78, 5) is 6.18. The van der Waals surface area contributed by atoms with E-state index in [9.17, 15) is 0 Å². The Morgan fingerprint density at radius 1 is 1.10 bits per heavy atom. The predicted octanol–water partition coefficient (Wildman–Crippen LogP) is 6.12. The quantitative estimate of drug-likeness (QED) is 0.328. The molecule has 0 unspecified atom stereocenters. The van der Waals surface area contributed by atoms with Gasteiger partial charge in [-0.2, -0.15) is 0 Å². The molecule has 4 nitrogen and oxygen atoms in total. The summed E-state index contributed by atoms with van der Waals surface area (Å²) in [7, 11) is 0. The molecule has 150 valence electrons. The molecule has 0 saturated carbocycles. The molecule has 6 heteroatoms. The van der Waals surface area contributed by atoms with Crippen molar-refractivity contribution in [2.24, 2.45) is 0 Å². The van der Waals surface area contributed by atoms with Gasteiger partial charge in [-0.25, -0.2) is 4.98 Å². The second kappa shape index (κ2) is 9.53. The van der Waals surface area contributed by atoms with Gasteiger partial charge in [0.05, 0.1) is 30.4 Å². The number of aromatic nitrogens is 2. The first kappa shape index (κ1) is 20.1. The Hall–Kier alpha value is -2.21. The van der Waals surface area contributed by atoms with Crippen LogP contribution in [0.2, 0.25) is 5.02 Å². The van der Waals surface area contributed by atoms with Crippen LogP contribution in [0.1, 0.15) is 30.5 Å². The Kier molecular flexibility index (Phi) is 6.60. The Bertz CT molecular complexity index is 1080. The number of fused-ring (bicyclic) bond motifs is 1. The van der Waals surface area contributed by atoms with E-state index >= 15 is 0 Å². The molecule has 0 aliphatic heterocycles. The number of nitrogens with one attached hydrogen (secondary N) is 1. The van der Waals surface area contributed by atoms with Crippen LogP contribution >= 0.6 is 23.4 Å². The minimum atomic E-state index is 0.660. The Balaban J connectivity index is 1.64. The van der Waals surface area contributed by atoms with Crippen molar-refractivity contribution in [1.29, 1.82) is 0 Å². The van der Waals surface area contributed by atoms with E-state index in [-0.39, 0.29) is 0 Å². The number of hydrogen-bond acceptors (Lipinski definition) is 4. The Morgan fingerprint density at radius 2 is 2.03 bits per heavy atom. The number of imidazole rings is 1. The zero-order valence-electron chi connectivity index (χ0n) is 16.4. The van der Waals surface area contributed by atoms with Crippen molar-refractivity contribution < 1.29 is 4.42 Å². The summed E-state index contributed by atoms with van der Waals surface area (Å²) in [5.74, 6) is 3.04. The number of nitrogens with zero attached hydrogens (tertiary/aromatic N) is 2. The summed E-state index contributed by atoms with van der Waals surface area (Å²) in [5, 5.41) is 4.20. The maximum Gasteiger partial charge on any atom is 0.124 e. The molecule has 2 aromatic carbocycles. The van der Waals surface area contributed by atoms with Crippen LogP contribution in [0.4, 0.5) is 0 Å². The summed E-state index contributed by atoms with van der Waals surface area (Å²) < 4.78 is 7.70. The molecular formula is C23H24ClN3OS. The Morgan fingerprint density at radius 3 is 2.83 bits per heavy atom. The van der Waals surface area contributed by atoms with E-state index in [2.05, 4.69) is 41.1 Å². The lowest BCUT2D eigenvalue weighted by Gasteiger charge is -2.11. The molecule has 2 heterocycles. The maximum absolute atomic E-state index is 6.22. The summed E-state index contributed by atoms with van der Waals surface area (Å²) in [6, 6.07) is 18.4.